The lowest BCUT2D eigenvalue weighted by Crippen LogP contribution is -2.36. The topological polar surface area (TPSA) is 73.7 Å². The molecular weight excluding hydrogens is 300 g/mol. The maximum absolute atomic E-state index is 12.1. The number of amides is 1. The third kappa shape index (κ3) is 4.37. The van der Waals surface area contributed by atoms with E-state index in [0.29, 0.717) is 0 Å². The van der Waals surface area contributed by atoms with Gasteiger partial charge in [-0.1, -0.05) is 24.3 Å². The molecule has 1 aromatic heterocycles. The summed E-state index contributed by atoms with van der Waals surface area (Å²) in [6.45, 7) is 2.25. The third-order valence-electron chi connectivity index (χ3n) is 3.32. The van der Waals surface area contributed by atoms with Crippen LogP contribution in [0.3, 0.4) is 0 Å². The van der Waals surface area contributed by atoms with Gasteiger partial charge in [0.1, 0.15) is 0 Å². The van der Waals surface area contributed by atoms with Crippen LogP contribution in [0.5, 0.6) is 0 Å². The van der Waals surface area contributed by atoms with Gasteiger partial charge in [-0.25, -0.2) is 4.98 Å². The van der Waals surface area contributed by atoms with Gasteiger partial charge < -0.3 is 15.1 Å². The van der Waals surface area contributed by atoms with Gasteiger partial charge in [0.2, 0.25) is 5.91 Å². The molecule has 1 heterocycles. The van der Waals surface area contributed by atoms with Crippen molar-refractivity contribution in [1.82, 2.24) is 9.88 Å². The molecule has 5 nitrogen and oxygen atoms in total. The van der Waals surface area contributed by atoms with Gasteiger partial charge in [-0.2, -0.15) is 0 Å². The van der Waals surface area contributed by atoms with Crippen molar-refractivity contribution in [2.24, 2.45) is 0 Å². The van der Waals surface area contributed by atoms with Crippen molar-refractivity contribution in [2.45, 2.75) is 13.3 Å². The lowest BCUT2D eigenvalue weighted by Gasteiger charge is -2.20. The van der Waals surface area contributed by atoms with E-state index in [2.05, 4.69) is 4.98 Å². The SMILES string of the molecule is Cc1nc(-c2ccc(CC(=O)N(CCO)CCO)cc2)cs1. The molecular formula is C16H20N2O3S. The van der Waals surface area contributed by atoms with Gasteiger partial charge in [0.05, 0.1) is 30.3 Å². The second kappa shape index (κ2) is 8.03. The molecule has 0 aliphatic carbocycles. The molecule has 1 amide bonds. The molecule has 0 fully saturated rings. The molecule has 0 unspecified atom stereocenters. The average molecular weight is 320 g/mol. The molecule has 2 rings (SSSR count). The van der Waals surface area contributed by atoms with Crippen LogP contribution in [0.25, 0.3) is 11.3 Å². The summed E-state index contributed by atoms with van der Waals surface area (Å²) in [6, 6.07) is 7.75. The van der Waals surface area contributed by atoms with Crippen molar-refractivity contribution >= 4 is 17.2 Å². The molecule has 6 heteroatoms. The molecule has 0 spiro atoms. The van der Waals surface area contributed by atoms with Crippen LogP contribution < -0.4 is 0 Å². The van der Waals surface area contributed by atoms with Gasteiger partial charge in [0.15, 0.2) is 0 Å². The van der Waals surface area contributed by atoms with Crippen molar-refractivity contribution in [3.8, 4) is 11.3 Å². The van der Waals surface area contributed by atoms with Crippen LogP contribution in [0, 0.1) is 6.92 Å². The van der Waals surface area contributed by atoms with E-state index < -0.39 is 0 Å². The molecule has 0 radical (unpaired) electrons. The zero-order valence-corrected chi connectivity index (χ0v) is 13.3. The minimum absolute atomic E-state index is 0.0969. The number of aliphatic hydroxyl groups is 2. The fourth-order valence-electron chi connectivity index (χ4n) is 2.18. The molecule has 0 saturated carbocycles. The van der Waals surface area contributed by atoms with Crippen molar-refractivity contribution < 1.29 is 15.0 Å². The van der Waals surface area contributed by atoms with Gasteiger partial charge in [-0.05, 0) is 12.5 Å². The Balaban J connectivity index is 2.02. The van der Waals surface area contributed by atoms with E-state index in [9.17, 15) is 4.79 Å². The largest absolute Gasteiger partial charge is 0.395 e. The standard InChI is InChI=1S/C16H20N2O3S/c1-12-17-15(11-22-12)14-4-2-13(3-5-14)10-16(21)18(6-8-19)7-9-20/h2-5,11,19-20H,6-10H2,1H3. The molecule has 118 valence electrons. The number of nitrogens with zero attached hydrogens (tertiary/aromatic N) is 2. The van der Waals surface area contributed by atoms with Crippen molar-refractivity contribution in [2.75, 3.05) is 26.3 Å². The Labute approximate surface area is 133 Å². The summed E-state index contributed by atoms with van der Waals surface area (Å²) in [4.78, 5) is 18.0. The fourth-order valence-corrected chi connectivity index (χ4v) is 2.80. The number of aromatic nitrogens is 1. The Morgan fingerprint density at radius 1 is 1.18 bits per heavy atom. The Morgan fingerprint density at radius 2 is 1.82 bits per heavy atom. The van der Waals surface area contributed by atoms with Gasteiger partial charge in [0.25, 0.3) is 0 Å². The summed E-state index contributed by atoms with van der Waals surface area (Å²) in [5.41, 5.74) is 2.88. The summed E-state index contributed by atoms with van der Waals surface area (Å²) in [5, 5.41) is 21.0. The van der Waals surface area contributed by atoms with Gasteiger partial charge >= 0.3 is 0 Å². The number of aliphatic hydroxyl groups excluding tert-OH is 2. The molecule has 22 heavy (non-hydrogen) atoms. The van der Waals surface area contributed by atoms with Crippen LogP contribution in [-0.2, 0) is 11.2 Å². The first kappa shape index (κ1) is 16.6. The first-order chi connectivity index (χ1) is 10.6. The van der Waals surface area contributed by atoms with Gasteiger partial charge in [-0.15, -0.1) is 11.3 Å². The zero-order valence-electron chi connectivity index (χ0n) is 12.5. The lowest BCUT2D eigenvalue weighted by atomic mass is 10.1. The smallest absolute Gasteiger partial charge is 0.227 e. The second-order valence-electron chi connectivity index (χ2n) is 4.95. The Morgan fingerprint density at radius 3 is 2.32 bits per heavy atom. The maximum Gasteiger partial charge on any atom is 0.227 e. The average Bonchev–Trinajstić information content (AvgIpc) is 2.94. The van der Waals surface area contributed by atoms with Crippen LogP contribution in [0.4, 0.5) is 0 Å². The van der Waals surface area contributed by atoms with Crippen molar-refractivity contribution in [3.05, 3.63) is 40.2 Å². The monoisotopic (exact) mass is 320 g/mol. The lowest BCUT2D eigenvalue weighted by molar-refractivity contribution is -0.131. The number of aryl methyl sites for hydroxylation is 1. The number of hydrogen-bond donors (Lipinski definition) is 2. The van der Waals surface area contributed by atoms with Gasteiger partial charge in [0, 0.05) is 24.0 Å². The van der Waals surface area contributed by atoms with E-state index in [1.54, 1.807) is 11.3 Å². The number of hydrogen-bond acceptors (Lipinski definition) is 5. The minimum Gasteiger partial charge on any atom is -0.395 e. The molecule has 1 aromatic carbocycles. The van der Waals surface area contributed by atoms with Crippen LogP contribution in [0.1, 0.15) is 10.6 Å². The first-order valence-corrected chi connectivity index (χ1v) is 8.03. The van der Waals surface area contributed by atoms with E-state index in [4.69, 9.17) is 10.2 Å². The molecule has 0 saturated heterocycles. The maximum atomic E-state index is 12.1. The van der Waals surface area contributed by atoms with E-state index in [-0.39, 0.29) is 38.6 Å². The molecule has 0 aliphatic heterocycles. The minimum atomic E-state index is -0.103. The van der Waals surface area contributed by atoms with Crippen LogP contribution in [-0.4, -0.2) is 52.3 Å². The molecule has 2 N–H and O–H groups in total. The Hall–Kier alpha value is -1.76. The zero-order chi connectivity index (χ0) is 15.9. The van der Waals surface area contributed by atoms with Crippen molar-refractivity contribution in [3.63, 3.8) is 0 Å². The number of carbonyl (C=O) groups excluding carboxylic acids is 1. The van der Waals surface area contributed by atoms with Crippen LogP contribution >= 0.6 is 11.3 Å². The predicted molar refractivity (Wildman–Crippen MR) is 86.7 cm³/mol. The van der Waals surface area contributed by atoms with Crippen molar-refractivity contribution in [1.29, 1.82) is 0 Å². The Kier molecular flexibility index (Phi) is 6.06. The van der Waals surface area contributed by atoms with E-state index >= 15 is 0 Å². The first-order valence-electron chi connectivity index (χ1n) is 7.15. The quantitative estimate of drug-likeness (QED) is 0.810. The third-order valence-corrected chi connectivity index (χ3v) is 4.09. The molecule has 0 aliphatic rings. The van der Waals surface area contributed by atoms with Gasteiger partial charge in [-0.3, -0.25) is 4.79 Å². The van der Waals surface area contributed by atoms with E-state index in [1.807, 2.05) is 36.6 Å². The van der Waals surface area contributed by atoms with E-state index in [1.165, 1.54) is 4.90 Å². The summed E-state index contributed by atoms with van der Waals surface area (Å²) >= 11 is 1.61. The fraction of sp³-hybridized carbons (Fsp3) is 0.375. The highest BCUT2D eigenvalue weighted by Gasteiger charge is 2.13. The summed E-state index contributed by atoms with van der Waals surface area (Å²) in [5.74, 6) is -0.0969. The number of benzene rings is 1. The number of thiazole rings is 1. The number of carbonyl (C=O) groups is 1. The van der Waals surface area contributed by atoms with Crippen LogP contribution in [0.2, 0.25) is 0 Å². The summed E-state index contributed by atoms with van der Waals surface area (Å²) in [7, 11) is 0. The molecule has 0 atom stereocenters. The molecule has 2 aromatic rings. The summed E-state index contributed by atoms with van der Waals surface area (Å²) in [6.07, 6.45) is 0.260. The highest BCUT2D eigenvalue weighted by atomic mass is 32.1. The Bertz CT molecular complexity index is 604. The highest BCUT2D eigenvalue weighted by molar-refractivity contribution is 7.09. The highest BCUT2D eigenvalue weighted by Crippen LogP contribution is 2.22. The van der Waals surface area contributed by atoms with E-state index in [0.717, 1.165) is 21.8 Å². The molecule has 0 bridgehead atoms. The second-order valence-corrected chi connectivity index (χ2v) is 6.02. The summed E-state index contributed by atoms with van der Waals surface area (Å²) < 4.78 is 0. The number of rotatable bonds is 7. The predicted octanol–water partition coefficient (Wildman–Crippen LogP) is 1.47. The van der Waals surface area contributed by atoms with Crippen LogP contribution in [0.15, 0.2) is 29.6 Å². The normalized spacial score (nSPS) is 10.7.